The predicted octanol–water partition coefficient (Wildman–Crippen LogP) is 4.28. The van der Waals surface area contributed by atoms with E-state index < -0.39 is 0 Å². The Morgan fingerprint density at radius 3 is 2.91 bits per heavy atom. The van der Waals surface area contributed by atoms with Gasteiger partial charge in [-0.1, -0.05) is 28.1 Å². The van der Waals surface area contributed by atoms with Crippen LogP contribution in [0.5, 0.6) is 0 Å². The standard InChI is InChI=1S/C19H18BrN3/c1-23-11-14-3-5-18(6-15(14)12-23)22-10-16-9-21-8-13-2-4-17(20)7-19(13)16/h2-8,10,22H,9,11-12H2,1H3/b16-10+. The summed E-state index contributed by atoms with van der Waals surface area (Å²) in [5.74, 6) is 0. The minimum absolute atomic E-state index is 0.712. The molecule has 0 amide bonds. The zero-order chi connectivity index (χ0) is 15.8. The molecule has 2 aromatic rings. The van der Waals surface area contributed by atoms with Crippen LogP contribution in [-0.4, -0.2) is 24.7 Å². The largest absolute Gasteiger partial charge is 0.361 e. The van der Waals surface area contributed by atoms with Crippen LogP contribution in [0.25, 0.3) is 5.57 Å². The topological polar surface area (TPSA) is 27.6 Å². The number of fused-ring (bicyclic) bond motifs is 2. The van der Waals surface area contributed by atoms with Crippen LogP contribution in [0.15, 0.2) is 52.1 Å². The van der Waals surface area contributed by atoms with Gasteiger partial charge in [0.2, 0.25) is 0 Å². The third-order valence-electron chi connectivity index (χ3n) is 4.35. The van der Waals surface area contributed by atoms with Crippen LogP contribution in [0.4, 0.5) is 5.69 Å². The molecule has 2 aliphatic rings. The fourth-order valence-corrected chi connectivity index (χ4v) is 3.56. The van der Waals surface area contributed by atoms with E-state index in [2.05, 4.69) is 80.8 Å². The van der Waals surface area contributed by atoms with Crippen molar-refractivity contribution in [3.05, 3.63) is 69.3 Å². The van der Waals surface area contributed by atoms with E-state index in [1.165, 1.54) is 27.8 Å². The first-order chi connectivity index (χ1) is 11.2. The molecule has 0 bridgehead atoms. The Balaban J connectivity index is 1.60. The molecule has 0 saturated heterocycles. The molecule has 3 nitrogen and oxygen atoms in total. The highest BCUT2D eigenvalue weighted by Gasteiger charge is 2.15. The van der Waals surface area contributed by atoms with Crippen LogP contribution >= 0.6 is 15.9 Å². The maximum Gasteiger partial charge on any atom is 0.0660 e. The SMILES string of the molecule is CN1Cc2ccc(N/C=C3\CN=Cc4ccc(Br)cc43)cc2C1. The smallest absolute Gasteiger partial charge is 0.0660 e. The molecule has 0 radical (unpaired) electrons. The normalized spacial score (nSPS) is 18.1. The summed E-state index contributed by atoms with van der Waals surface area (Å²) in [5, 5.41) is 3.45. The number of halogens is 1. The van der Waals surface area contributed by atoms with Crippen LogP contribution in [0.1, 0.15) is 22.3 Å². The van der Waals surface area contributed by atoms with Gasteiger partial charge in [-0.15, -0.1) is 0 Å². The first-order valence-corrected chi connectivity index (χ1v) is 8.54. The fraction of sp³-hybridized carbons (Fsp3) is 0.211. The lowest BCUT2D eigenvalue weighted by Gasteiger charge is -2.15. The van der Waals surface area contributed by atoms with Crippen LogP contribution in [-0.2, 0) is 13.1 Å². The second kappa shape index (κ2) is 5.95. The number of anilines is 1. The Morgan fingerprint density at radius 2 is 2.00 bits per heavy atom. The summed E-state index contributed by atoms with van der Waals surface area (Å²) in [4.78, 5) is 6.78. The Labute approximate surface area is 144 Å². The summed E-state index contributed by atoms with van der Waals surface area (Å²) >= 11 is 3.56. The van der Waals surface area contributed by atoms with E-state index in [1.807, 2.05) is 6.21 Å². The number of hydrogen-bond donors (Lipinski definition) is 1. The quantitative estimate of drug-likeness (QED) is 0.857. The van der Waals surface area contributed by atoms with Crippen LogP contribution in [0.3, 0.4) is 0 Å². The van der Waals surface area contributed by atoms with Crippen molar-refractivity contribution in [3.8, 4) is 0 Å². The molecule has 4 rings (SSSR count). The first-order valence-electron chi connectivity index (χ1n) is 7.75. The Hall–Kier alpha value is -1.91. The number of hydrogen-bond acceptors (Lipinski definition) is 3. The number of nitrogens with zero attached hydrogens (tertiary/aromatic N) is 2. The third-order valence-corrected chi connectivity index (χ3v) is 4.85. The monoisotopic (exact) mass is 367 g/mol. The molecule has 23 heavy (non-hydrogen) atoms. The molecule has 2 aromatic carbocycles. The summed E-state index contributed by atoms with van der Waals surface area (Å²) in [6.45, 7) is 2.79. The predicted molar refractivity (Wildman–Crippen MR) is 99.8 cm³/mol. The molecule has 0 fully saturated rings. The van der Waals surface area contributed by atoms with Crippen LogP contribution < -0.4 is 5.32 Å². The van der Waals surface area contributed by atoms with Crippen LogP contribution in [0.2, 0.25) is 0 Å². The Kier molecular flexibility index (Phi) is 3.79. The number of benzene rings is 2. The van der Waals surface area contributed by atoms with Crippen molar-refractivity contribution >= 4 is 33.4 Å². The highest BCUT2D eigenvalue weighted by atomic mass is 79.9. The molecule has 0 atom stereocenters. The number of nitrogens with one attached hydrogen (secondary N) is 1. The maximum atomic E-state index is 4.45. The van der Waals surface area contributed by atoms with Gasteiger partial charge >= 0.3 is 0 Å². The lowest BCUT2D eigenvalue weighted by Crippen LogP contribution is -2.07. The van der Waals surface area contributed by atoms with Crippen molar-refractivity contribution in [2.45, 2.75) is 13.1 Å². The molecule has 2 aliphatic heterocycles. The zero-order valence-corrected chi connectivity index (χ0v) is 14.6. The highest BCUT2D eigenvalue weighted by molar-refractivity contribution is 9.10. The van der Waals surface area contributed by atoms with Gasteiger partial charge in [-0.25, -0.2) is 0 Å². The summed E-state index contributed by atoms with van der Waals surface area (Å²) in [6, 6.07) is 12.9. The number of rotatable bonds is 2. The zero-order valence-electron chi connectivity index (χ0n) is 13.0. The van der Waals surface area contributed by atoms with E-state index in [9.17, 15) is 0 Å². The summed E-state index contributed by atoms with van der Waals surface area (Å²) in [7, 11) is 2.16. The molecule has 4 heteroatoms. The van der Waals surface area contributed by atoms with Crippen molar-refractivity contribution in [2.75, 3.05) is 18.9 Å². The van der Waals surface area contributed by atoms with Crippen molar-refractivity contribution in [1.82, 2.24) is 4.90 Å². The van der Waals surface area contributed by atoms with Crippen molar-refractivity contribution in [1.29, 1.82) is 0 Å². The molecule has 0 unspecified atom stereocenters. The van der Waals surface area contributed by atoms with Gasteiger partial charge in [0.1, 0.15) is 0 Å². The molecular formula is C19H18BrN3. The van der Waals surface area contributed by atoms with E-state index in [-0.39, 0.29) is 0 Å². The van der Waals surface area contributed by atoms with Crippen molar-refractivity contribution in [2.24, 2.45) is 4.99 Å². The molecule has 0 aromatic heterocycles. The van der Waals surface area contributed by atoms with E-state index in [0.717, 1.165) is 23.2 Å². The van der Waals surface area contributed by atoms with E-state index in [1.54, 1.807) is 0 Å². The average molecular weight is 368 g/mol. The van der Waals surface area contributed by atoms with Gasteiger partial charge in [0.05, 0.1) is 6.54 Å². The first kappa shape index (κ1) is 14.7. The van der Waals surface area contributed by atoms with Crippen molar-refractivity contribution in [3.63, 3.8) is 0 Å². The average Bonchev–Trinajstić information content (AvgIpc) is 2.92. The lowest BCUT2D eigenvalue weighted by atomic mass is 9.99. The van der Waals surface area contributed by atoms with Gasteiger partial charge in [-0.2, -0.15) is 0 Å². The Bertz CT molecular complexity index is 823. The second-order valence-electron chi connectivity index (χ2n) is 6.17. The maximum absolute atomic E-state index is 4.45. The number of aliphatic imine (C=N–C) groups is 1. The molecule has 2 heterocycles. The molecule has 116 valence electrons. The fourth-order valence-electron chi connectivity index (χ4n) is 3.20. The highest BCUT2D eigenvalue weighted by Crippen LogP contribution is 2.27. The van der Waals surface area contributed by atoms with Crippen molar-refractivity contribution < 1.29 is 0 Å². The minimum atomic E-state index is 0.712. The Morgan fingerprint density at radius 1 is 1.13 bits per heavy atom. The van der Waals surface area contributed by atoms with E-state index >= 15 is 0 Å². The third kappa shape index (κ3) is 2.96. The second-order valence-corrected chi connectivity index (χ2v) is 7.09. The summed E-state index contributed by atoms with van der Waals surface area (Å²) in [5.41, 5.74) is 7.60. The molecule has 0 saturated carbocycles. The van der Waals surface area contributed by atoms with E-state index in [4.69, 9.17) is 0 Å². The van der Waals surface area contributed by atoms with Gasteiger partial charge in [0.15, 0.2) is 0 Å². The van der Waals surface area contributed by atoms with E-state index in [0.29, 0.717) is 6.54 Å². The molecule has 1 N–H and O–H groups in total. The summed E-state index contributed by atoms with van der Waals surface area (Å²) < 4.78 is 1.10. The molecule has 0 spiro atoms. The van der Waals surface area contributed by atoms with Gasteiger partial charge in [-0.05, 0) is 59.1 Å². The van der Waals surface area contributed by atoms with Gasteiger partial charge in [0.25, 0.3) is 0 Å². The molecule has 0 aliphatic carbocycles. The summed E-state index contributed by atoms with van der Waals surface area (Å²) in [6.07, 6.45) is 4.03. The van der Waals surface area contributed by atoms with Gasteiger partial charge < -0.3 is 5.32 Å². The van der Waals surface area contributed by atoms with Gasteiger partial charge in [0, 0.05) is 35.7 Å². The van der Waals surface area contributed by atoms with Crippen LogP contribution in [0, 0.1) is 0 Å². The van der Waals surface area contributed by atoms with Gasteiger partial charge in [-0.3, -0.25) is 9.89 Å². The lowest BCUT2D eigenvalue weighted by molar-refractivity contribution is 0.353. The molecular weight excluding hydrogens is 350 g/mol. The minimum Gasteiger partial charge on any atom is -0.361 e.